The fraction of sp³-hybridized carbons (Fsp3) is 0.333. The molecule has 0 bridgehead atoms. The maximum absolute atomic E-state index is 12.1. The van der Waals surface area contributed by atoms with Crippen molar-refractivity contribution in [1.29, 1.82) is 0 Å². The van der Waals surface area contributed by atoms with E-state index < -0.39 is 0 Å². The first kappa shape index (κ1) is 11.4. The number of aromatic nitrogens is 2. The van der Waals surface area contributed by atoms with Crippen molar-refractivity contribution in [3.8, 4) is 11.5 Å². The van der Waals surface area contributed by atoms with E-state index in [2.05, 4.69) is 5.10 Å². The first-order chi connectivity index (χ1) is 8.06. The van der Waals surface area contributed by atoms with E-state index in [1.807, 2.05) is 13.8 Å². The third kappa shape index (κ3) is 1.73. The van der Waals surface area contributed by atoms with Crippen LogP contribution in [0.3, 0.4) is 0 Å². The van der Waals surface area contributed by atoms with Gasteiger partial charge >= 0.3 is 0 Å². The number of hydrogen-bond acceptors (Lipinski definition) is 4. The van der Waals surface area contributed by atoms with E-state index in [1.54, 1.807) is 18.3 Å². The molecule has 0 radical (unpaired) electrons. The van der Waals surface area contributed by atoms with Gasteiger partial charge in [-0.2, -0.15) is 5.10 Å². The number of hydrogen-bond donors (Lipinski definition) is 1. The maximum Gasteiger partial charge on any atom is 0.278 e. The molecule has 0 saturated carbocycles. The van der Waals surface area contributed by atoms with Crippen LogP contribution in [0.2, 0.25) is 0 Å². The molecule has 5 nitrogen and oxygen atoms in total. The number of methoxy groups -OCH3 is 1. The number of benzene rings is 1. The highest BCUT2D eigenvalue weighted by Crippen LogP contribution is 2.31. The maximum atomic E-state index is 12.1. The Hall–Kier alpha value is -2.04. The molecule has 0 aliphatic heterocycles. The van der Waals surface area contributed by atoms with Crippen LogP contribution in [-0.4, -0.2) is 22.0 Å². The number of phenolic OH excluding ortho intramolecular Hbond substituents is 1. The van der Waals surface area contributed by atoms with Crippen molar-refractivity contribution >= 4 is 10.8 Å². The molecule has 0 amide bonds. The normalized spacial score (nSPS) is 11.1. The van der Waals surface area contributed by atoms with E-state index in [-0.39, 0.29) is 28.5 Å². The lowest BCUT2D eigenvalue weighted by Crippen LogP contribution is -2.24. The van der Waals surface area contributed by atoms with Crippen LogP contribution in [0, 0.1) is 0 Å². The van der Waals surface area contributed by atoms with Crippen molar-refractivity contribution in [2.75, 3.05) is 7.11 Å². The average molecular weight is 234 g/mol. The van der Waals surface area contributed by atoms with Crippen LogP contribution >= 0.6 is 0 Å². The molecule has 5 heteroatoms. The first-order valence-corrected chi connectivity index (χ1v) is 5.33. The third-order valence-corrected chi connectivity index (χ3v) is 2.63. The highest BCUT2D eigenvalue weighted by molar-refractivity contribution is 5.88. The largest absolute Gasteiger partial charge is 0.504 e. The van der Waals surface area contributed by atoms with Crippen LogP contribution in [0.25, 0.3) is 10.8 Å². The van der Waals surface area contributed by atoms with Gasteiger partial charge in [-0.25, -0.2) is 4.68 Å². The standard InChI is InChI=1S/C12H14N2O3/c1-7(2)14-12(16)10-8(6-13-14)4-5-9(17-3)11(10)15/h4-7,15H,1-3H3. The predicted molar refractivity (Wildman–Crippen MR) is 64.6 cm³/mol. The number of aromatic hydroxyl groups is 1. The SMILES string of the molecule is COc1ccc2cnn(C(C)C)c(=O)c2c1O. The average Bonchev–Trinajstić information content (AvgIpc) is 2.29. The van der Waals surface area contributed by atoms with Crippen molar-refractivity contribution in [3.63, 3.8) is 0 Å². The summed E-state index contributed by atoms with van der Waals surface area (Å²) in [6.07, 6.45) is 1.57. The third-order valence-electron chi connectivity index (χ3n) is 2.63. The molecule has 1 aromatic heterocycles. The van der Waals surface area contributed by atoms with Gasteiger partial charge in [0, 0.05) is 5.39 Å². The highest BCUT2D eigenvalue weighted by atomic mass is 16.5. The number of fused-ring (bicyclic) bond motifs is 1. The predicted octanol–water partition coefficient (Wildman–Crippen LogP) is 1.69. The van der Waals surface area contributed by atoms with Gasteiger partial charge < -0.3 is 9.84 Å². The Balaban J connectivity index is 2.87. The minimum atomic E-state index is -0.311. The molecule has 0 unspecified atom stereocenters. The van der Waals surface area contributed by atoms with Crippen LogP contribution in [0.1, 0.15) is 19.9 Å². The summed E-state index contributed by atoms with van der Waals surface area (Å²) >= 11 is 0. The van der Waals surface area contributed by atoms with Gasteiger partial charge in [0.15, 0.2) is 11.5 Å². The molecular weight excluding hydrogens is 220 g/mol. The Morgan fingerprint density at radius 1 is 1.41 bits per heavy atom. The van der Waals surface area contributed by atoms with Crippen molar-refractivity contribution in [2.24, 2.45) is 0 Å². The Kier molecular flexibility index (Phi) is 2.75. The summed E-state index contributed by atoms with van der Waals surface area (Å²) < 4.78 is 6.32. The molecule has 0 fully saturated rings. The van der Waals surface area contributed by atoms with Gasteiger partial charge in [0.25, 0.3) is 5.56 Å². The molecular formula is C12H14N2O3. The lowest BCUT2D eigenvalue weighted by molar-refractivity contribution is 0.376. The molecule has 1 aromatic carbocycles. The highest BCUT2D eigenvalue weighted by Gasteiger charge is 2.13. The first-order valence-electron chi connectivity index (χ1n) is 5.33. The fourth-order valence-electron chi connectivity index (χ4n) is 1.74. The van der Waals surface area contributed by atoms with E-state index in [1.165, 1.54) is 11.8 Å². The minimum absolute atomic E-state index is 0.0579. The molecule has 0 atom stereocenters. The second-order valence-corrected chi connectivity index (χ2v) is 4.07. The Bertz CT molecular complexity index is 617. The van der Waals surface area contributed by atoms with Crippen molar-refractivity contribution in [2.45, 2.75) is 19.9 Å². The second kappa shape index (κ2) is 4.08. The summed E-state index contributed by atoms with van der Waals surface area (Å²) in [6.45, 7) is 3.72. The van der Waals surface area contributed by atoms with Gasteiger partial charge in [0.1, 0.15) is 0 Å². The Morgan fingerprint density at radius 2 is 2.12 bits per heavy atom. The number of rotatable bonds is 2. The molecule has 0 spiro atoms. The lowest BCUT2D eigenvalue weighted by Gasteiger charge is -2.11. The molecule has 2 rings (SSSR count). The smallest absolute Gasteiger partial charge is 0.278 e. The summed E-state index contributed by atoms with van der Waals surface area (Å²) in [4.78, 5) is 12.1. The molecule has 1 N–H and O–H groups in total. The van der Waals surface area contributed by atoms with Gasteiger partial charge in [-0.3, -0.25) is 4.79 Å². The molecule has 0 aliphatic rings. The van der Waals surface area contributed by atoms with E-state index in [0.717, 1.165) is 0 Å². The second-order valence-electron chi connectivity index (χ2n) is 4.07. The van der Waals surface area contributed by atoms with Crippen LogP contribution < -0.4 is 10.3 Å². The van der Waals surface area contributed by atoms with Crippen LogP contribution in [0.4, 0.5) is 0 Å². The number of nitrogens with zero attached hydrogens (tertiary/aromatic N) is 2. The molecule has 0 aliphatic carbocycles. The quantitative estimate of drug-likeness (QED) is 0.858. The zero-order chi connectivity index (χ0) is 12.6. The van der Waals surface area contributed by atoms with E-state index in [4.69, 9.17) is 4.74 Å². The summed E-state index contributed by atoms with van der Waals surface area (Å²) in [5.74, 6) is 0.155. The van der Waals surface area contributed by atoms with Crippen LogP contribution in [-0.2, 0) is 0 Å². The molecule has 2 aromatic rings. The summed E-state index contributed by atoms with van der Waals surface area (Å²) in [6, 6.07) is 3.25. The summed E-state index contributed by atoms with van der Waals surface area (Å²) in [5.41, 5.74) is -0.311. The van der Waals surface area contributed by atoms with Gasteiger partial charge in [-0.1, -0.05) is 0 Å². The monoisotopic (exact) mass is 234 g/mol. The van der Waals surface area contributed by atoms with Gasteiger partial charge in [-0.05, 0) is 26.0 Å². The van der Waals surface area contributed by atoms with Gasteiger partial charge in [0.05, 0.1) is 24.7 Å². The van der Waals surface area contributed by atoms with E-state index >= 15 is 0 Å². The Morgan fingerprint density at radius 3 is 2.71 bits per heavy atom. The minimum Gasteiger partial charge on any atom is -0.504 e. The van der Waals surface area contributed by atoms with Crippen LogP contribution in [0.15, 0.2) is 23.1 Å². The molecule has 1 heterocycles. The van der Waals surface area contributed by atoms with E-state index in [0.29, 0.717) is 5.39 Å². The summed E-state index contributed by atoms with van der Waals surface area (Å²) in [5, 5.41) is 14.9. The van der Waals surface area contributed by atoms with Crippen LogP contribution in [0.5, 0.6) is 11.5 Å². The number of ether oxygens (including phenoxy) is 1. The zero-order valence-corrected chi connectivity index (χ0v) is 9.97. The van der Waals surface area contributed by atoms with Gasteiger partial charge in [0.2, 0.25) is 0 Å². The van der Waals surface area contributed by atoms with Gasteiger partial charge in [-0.15, -0.1) is 0 Å². The molecule has 0 saturated heterocycles. The Labute approximate surface area is 98.3 Å². The van der Waals surface area contributed by atoms with Crippen molar-refractivity contribution in [3.05, 3.63) is 28.7 Å². The zero-order valence-electron chi connectivity index (χ0n) is 9.97. The molecule has 90 valence electrons. The lowest BCUT2D eigenvalue weighted by atomic mass is 10.1. The van der Waals surface area contributed by atoms with Crippen molar-refractivity contribution in [1.82, 2.24) is 9.78 Å². The number of phenols is 1. The topological polar surface area (TPSA) is 64.4 Å². The fourth-order valence-corrected chi connectivity index (χ4v) is 1.74. The summed E-state index contributed by atoms with van der Waals surface area (Å²) in [7, 11) is 1.45. The molecule has 17 heavy (non-hydrogen) atoms. The van der Waals surface area contributed by atoms with E-state index in [9.17, 15) is 9.90 Å². The van der Waals surface area contributed by atoms with Crippen molar-refractivity contribution < 1.29 is 9.84 Å².